The highest BCUT2D eigenvalue weighted by molar-refractivity contribution is 5.99. The number of carboxylic acid groups (broad SMARTS) is 1. The van der Waals surface area contributed by atoms with Crippen LogP contribution < -0.4 is 16.0 Å². The number of aromatic carboxylic acids is 1. The van der Waals surface area contributed by atoms with Crippen molar-refractivity contribution in [1.29, 1.82) is 0 Å². The highest BCUT2D eigenvalue weighted by atomic mass is 16.5. The number of nitrogens with zero attached hydrogens (tertiary/aromatic N) is 2. The molecule has 2 amide bonds. The fraction of sp³-hybridized carbons (Fsp3) is 0.516. The number of ether oxygens (including phenoxy) is 1. The molecule has 1 aliphatic carbocycles. The van der Waals surface area contributed by atoms with E-state index in [0.29, 0.717) is 31.1 Å². The number of anilines is 2. The summed E-state index contributed by atoms with van der Waals surface area (Å²) in [4.78, 5) is 43.3. The van der Waals surface area contributed by atoms with Gasteiger partial charge in [-0.3, -0.25) is 9.59 Å². The second kappa shape index (κ2) is 12.4. The second-order valence-electron chi connectivity index (χ2n) is 11.3. The molecule has 9 heteroatoms. The van der Waals surface area contributed by atoms with Gasteiger partial charge in [-0.2, -0.15) is 0 Å². The fourth-order valence-corrected chi connectivity index (χ4v) is 6.59. The van der Waals surface area contributed by atoms with E-state index in [1.807, 2.05) is 12.1 Å². The Kier molecular flexibility index (Phi) is 8.71. The summed E-state index contributed by atoms with van der Waals surface area (Å²) in [5.74, 6) is -0.922. The van der Waals surface area contributed by atoms with Gasteiger partial charge in [-0.15, -0.1) is 0 Å². The number of hydrogen-bond acceptors (Lipinski definition) is 6. The molecule has 2 aromatic rings. The number of nitrogens with two attached hydrogens (primary N) is 1. The third-order valence-electron chi connectivity index (χ3n) is 8.97. The number of carbonyl (C=O) groups excluding carboxylic acids is 2. The number of nitrogens with one attached hydrogen (secondary N) is 1. The van der Waals surface area contributed by atoms with Crippen LogP contribution in [0.5, 0.6) is 0 Å². The highest BCUT2D eigenvalue weighted by Gasteiger charge is 2.40. The summed E-state index contributed by atoms with van der Waals surface area (Å²) in [6, 6.07) is 11.4. The summed E-state index contributed by atoms with van der Waals surface area (Å²) in [5.41, 5.74) is 9.64. The molecule has 0 aromatic heterocycles. The summed E-state index contributed by atoms with van der Waals surface area (Å²) in [6.07, 6.45) is 6.32. The van der Waals surface area contributed by atoms with Crippen LogP contribution in [-0.4, -0.2) is 67.2 Å². The first-order valence-corrected chi connectivity index (χ1v) is 14.4. The first kappa shape index (κ1) is 28.1. The van der Waals surface area contributed by atoms with Crippen LogP contribution in [0.4, 0.5) is 11.4 Å². The third kappa shape index (κ3) is 5.86. The first-order valence-electron chi connectivity index (χ1n) is 14.4. The standard InChI is InChI=1S/C31H40N4O5/c1-40-24-13-16-34(17-14-24)27-4-2-3-26-25(27)15-18-35(30(37)21-7-5-20(19-32)6-8-21)28(26)29(36)33-23-11-9-22(10-12-23)31(38)39/h2-4,9-12,20-21,24,28H,5-8,13-19,32H2,1H3,(H,33,36)(H,38,39). The van der Waals surface area contributed by atoms with Crippen LogP contribution in [0.2, 0.25) is 0 Å². The Hall–Kier alpha value is -3.43. The molecule has 9 nitrogen and oxygen atoms in total. The number of piperidine rings is 1. The number of methoxy groups -OCH3 is 1. The fourth-order valence-electron chi connectivity index (χ4n) is 6.59. The average molecular weight is 549 g/mol. The molecule has 1 atom stereocenters. The first-order chi connectivity index (χ1) is 19.4. The van der Waals surface area contributed by atoms with Crippen LogP contribution >= 0.6 is 0 Å². The highest BCUT2D eigenvalue weighted by Crippen LogP contribution is 2.39. The summed E-state index contributed by atoms with van der Waals surface area (Å²) >= 11 is 0. The Morgan fingerprint density at radius 2 is 1.68 bits per heavy atom. The Balaban J connectivity index is 1.44. The van der Waals surface area contributed by atoms with E-state index in [2.05, 4.69) is 16.3 Å². The molecular formula is C31H40N4O5. The van der Waals surface area contributed by atoms with Crippen LogP contribution in [0.1, 0.15) is 66.1 Å². The molecule has 1 saturated carbocycles. The molecule has 2 aliphatic heterocycles. The van der Waals surface area contributed by atoms with Gasteiger partial charge in [-0.25, -0.2) is 4.79 Å². The van der Waals surface area contributed by atoms with E-state index < -0.39 is 12.0 Å². The topological polar surface area (TPSA) is 125 Å². The molecule has 5 rings (SSSR count). The average Bonchev–Trinajstić information content (AvgIpc) is 3.00. The molecule has 1 unspecified atom stereocenters. The minimum absolute atomic E-state index is 0.0359. The summed E-state index contributed by atoms with van der Waals surface area (Å²) < 4.78 is 5.56. The molecule has 40 heavy (non-hydrogen) atoms. The van der Waals surface area contributed by atoms with Gasteiger partial charge in [-0.1, -0.05) is 12.1 Å². The molecule has 3 aliphatic rings. The van der Waals surface area contributed by atoms with Gasteiger partial charge in [0.2, 0.25) is 5.91 Å². The van der Waals surface area contributed by atoms with E-state index in [1.54, 1.807) is 24.1 Å². The van der Waals surface area contributed by atoms with Crippen LogP contribution in [0.15, 0.2) is 42.5 Å². The van der Waals surface area contributed by atoms with E-state index in [1.165, 1.54) is 12.1 Å². The van der Waals surface area contributed by atoms with Crippen molar-refractivity contribution in [2.75, 3.05) is 43.5 Å². The molecule has 214 valence electrons. The summed E-state index contributed by atoms with van der Waals surface area (Å²) in [6.45, 7) is 2.89. The van der Waals surface area contributed by atoms with E-state index in [9.17, 15) is 19.5 Å². The smallest absolute Gasteiger partial charge is 0.335 e. The zero-order valence-electron chi connectivity index (χ0n) is 23.2. The van der Waals surface area contributed by atoms with Gasteiger partial charge in [0.25, 0.3) is 5.91 Å². The monoisotopic (exact) mass is 548 g/mol. The maximum Gasteiger partial charge on any atom is 0.335 e. The van der Waals surface area contributed by atoms with Crippen molar-refractivity contribution in [1.82, 2.24) is 4.90 Å². The summed E-state index contributed by atoms with van der Waals surface area (Å²) in [7, 11) is 1.76. The Morgan fingerprint density at radius 3 is 2.30 bits per heavy atom. The molecule has 0 radical (unpaired) electrons. The maximum atomic E-state index is 13.9. The van der Waals surface area contributed by atoms with Crippen molar-refractivity contribution in [3.8, 4) is 0 Å². The normalized spacial score (nSPS) is 23.4. The van der Waals surface area contributed by atoms with Gasteiger partial charge in [0, 0.05) is 44.0 Å². The van der Waals surface area contributed by atoms with Crippen LogP contribution in [0.25, 0.3) is 0 Å². The van der Waals surface area contributed by atoms with Crippen LogP contribution in [0.3, 0.4) is 0 Å². The molecule has 0 bridgehead atoms. The molecule has 2 fully saturated rings. The van der Waals surface area contributed by atoms with Gasteiger partial charge < -0.3 is 30.7 Å². The Labute approximate surface area is 235 Å². The number of benzene rings is 2. The van der Waals surface area contributed by atoms with Crippen molar-refractivity contribution in [2.45, 2.75) is 57.1 Å². The zero-order valence-corrected chi connectivity index (χ0v) is 23.2. The molecule has 4 N–H and O–H groups in total. The van der Waals surface area contributed by atoms with Crippen molar-refractivity contribution in [3.63, 3.8) is 0 Å². The van der Waals surface area contributed by atoms with Gasteiger partial charge in [0.05, 0.1) is 11.7 Å². The summed E-state index contributed by atoms with van der Waals surface area (Å²) in [5, 5.41) is 12.2. The SMILES string of the molecule is COC1CCN(c2cccc3c2CCN(C(=O)C2CCC(CN)CC2)C3C(=O)Nc2ccc(C(=O)O)cc2)CC1. The molecule has 1 saturated heterocycles. The lowest BCUT2D eigenvalue weighted by Gasteiger charge is -2.42. The predicted octanol–water partition coefficient (Wildman–Crippen LogP) is 3.83. The number of carboxylic acids is 1. The van der Waals surface area contributed by atoms with E-state index in [4.69, 9.17) is 10.5 Å². The van der Waals surface area contributed by atoms with E-state index in [-0.39, 0.29) is 29.4 Å². The lowest BCUT2D eigenvalue weighted by molar-refractivity contribution is -0.144. The Bertz CT molecular complexity index is 1220. The van der Waals surface area contributed by atoms with Crippen molar-refractivity contribution in [3.05, 3.63) is 59.2 Å². The van der Waals surface area contributed by atoms with Crippen molar-refractivity contribution >= 4 is 29.2 Å². The molecule has 2 aromatic carbocycles. The largest absolute Gasteiger partial charge is 0.478 e. The molecule has 2 heterocycles. The number of amides is 2. The Morgan fingerprint density at radius 1 is 0.975 bits per heavy atom. The van der Waals surface area contributed by atoms with Crippen molar-refractivity contribution < 1.29 is 24.2 Å². The predicted molar refractivity (Wildman–Crippen MR) is 153 cm³/mol. The minimum Gasteiger partial charge on any atom is -0.478 e. The number of hydrogen-bond donors (Lipinski definition) is 3. The zero-order chi connectivity index (χ0) is 28.2. The van der Waals surface area contributed by atoms with Crippen molar-refractivity contribution in [2.24, 2.45) is 17.6 Å². The second-order valence-corrected chi connectivity index (χ2v) is 11.3. The van der Waals surface area contributed by atoms with Gasteiger partial charge in [-0.05, 0) is 98.9 Å². The maximum absolute atomic E-state index is 13.9. The number of rotatable bonds is 7. The number of fused-ring (bicyclic) bond motifs is 1. The van der Waals surface area contributed by atoms with Crippen LogP contribution in [-0.2, 0) is 20.7 Å². The molecular weight excluding hydrogens is 508 g/mol. The number of carbonyl (C=O) groups is 3. The quantitative estimate of drug-likeness (QED) is 0.480. The molecule has 0 spiro atoms. The minimum atomic E-state index is -1.03. The van der Waals surface area contributed by atoms with Gasteiger partial charge in [0.15, 0.2) is 0 Å². The lowest BCUT2D eigenvalue weighted by Crippen LogP contribution is -2.48. The van der Waals surface area contributed by atoms with E-state index >= 15 is 0 Å². The van der Waals surface area contributed by atoms with Gasteiger partial charge in [0.1, 0.15) is 6.04 Å². The third-order valence-corrected chi connectivity index (χ3v) is 8.97. The van der Waals surface area contributed by atoms with Crippen LogP contribution in [0, 0.1) is 11.8 Å². The van der Waals surface area contributed by atoms with E-state index in [0.717, 1.165) is 68.4 Å². The lowest BCUT2D eigenvalue weighted by atomic mass is 9.80. The van der Waals surface area contributed by atoms with Gasteiger partial charge >= 0.3 is 5.97 Å².